The number of methoxy groups -OCH3 is 1. The van der Waals surface area contributed by atoms with Crippen LogP contribution in [-0.4, -0.2) is 55.6 Å². The molecule has 2 aliphatic rings. The lowest BCUT2D eigenvalue weighted by atomic mass is 9.78. The van der Waals surface area contributed by atoms with Crippen LogP contribution in [0, 0.1) is 5.41 Å². The highest BCUT2D eigenvalue weighted by Crippen LogP contribution is 2.40. The summed E-state index contributed by atoms with van der Waals surface area (Å²) in [6, 6.07) is 2.00. The number of piperidine rings is 1. The number of rotatable bonds is 5. The van der Waals surface area contributed by atoms with Crippen molar-refractivity contribution in [1.29, 1.82) is 0 Å². The van der Waals surface area contributed by atoms with Gasteiger partial charge in [-0.25, -0.2) is 0 Å². The average molecular weight is 292 g/mol. The highest BCUT2D eigenvalue weighted by atomic mass is 16.5. The van der Waals surface area contributed by atoms with Crippen molar-refractivity contribution in [3.05, 3.63) is 24.2 Å². The number of carbonyl (C=O) groups is 1. The first-order chi connectivity index (χ1) is 10.2. The van der Waals surface area contributed by atoms with Crippen LogP contribution in [0.5, 0.6) is 0 Å². The Labute approximate surface area is 125 Å². The Kier molecular flexibility index (Phi) is 4.31. The first kappa shape index (κ1) is 14.6. The second-order valence-corrected chi connectivity index (χ2v) is 6.26. The molecule has 0 radical (unpaired) electrons. The lowest BCUT2D eigenvalue weighted by Crippen LogP contribution is -2.50. The smallest absolute Gasteiger partial charge is 0.230 e. The molecule has 1 unspecified atom stereocenters. The number of amides is 1. The maximum atomic E-state index is 12.8. The zero-order valence-corrected chi connectivity index (χ0v) is 12.7. The van der Waals surface area contributed by atoms with Gasteiger partial charge in [0.2, 0.25) is 5.91 Å². The fourth-order valence-corrected chi connectivity index (χ4v) is 3.68. The number of ether oxygens (including phenoxy) is 1. The molecule has 1 spiro atoms. The summed E-state index contributed by atoms with van der Waals surface area (Å²) in [7, 11) is 1.69. The quantitative estimate of drug-likeness (QED) is 0.829. The highest BCUT2D eigenvalue weighted by molar-refractivity contribution is 5.84. The van der Waals surface area contributed by atoms with E-state index in [0.29, 0.717) is 12.5 Å². The minimum atomic E-state index is -0.157. The molecular weight excluding hydrogens is 268 g/mol. The van der Waals surface area contributed by atoms with Gasteiger partial charge in [0.05, 0.1) is 24.5 Å². The summed E-state index contributed by atoms with van der Waals surface area (Å²) in [4.78, 5) is 17.2. The third kappa shape index (κ3) is 2.99. The molecule has 0 aliphatic carbocycles. The molecule has 1 amide bonds. The molecule has 21 heavy (non-hydrogen) atoms. The maximum absolute atomic E-state index is 12.8. The van der Waals surface area contributed by atoms with Gasteiger partial charge in [0.1, 0.15) is 0 Å². The van der Waals surface area contributed by atoms with Gasteiger partial charge in [-0.2, -0.15) is 0 Å². The molecule has 2 saturated heterocycles. The third-order valence-electron chi connectivity index (χ3n) is 4.81. The van der Waals surface area contributed by atoms with E-state index in [0.717, 1.165) is 52.0 Å². The van der Waals surface area contributed by atoms with E-state index in [-0.39, 0.29) is 5.41 Å². The molecule has 0 bridgehead atoms. The number of furan rings is 1. The monoisotopic (exact) mass is 292 g/mol. The van der Waals surface area contributed by atoms with Crippen LogP contribution in [0.4, 0.5) is 0 Å². The summed E-state index contributed by atoms with van der Waals surface area (Å²) < 4.78 is 10.2. The molecule has 0 N–H and O–H groups in total. The van der Waals surface area contributed by atoms with E-state index in [4.69, 9.17) is 9.15 Å². The molecule has 3 heterocycles. The molecule has 2 fully saturated rings. The molecular formula is C16H24N2O3. The van der Waals surface area contributed by atoms with Crippen molar-refractivity contribution in [2.75, 3.05) is 39.9 Å². The van der Waals surface area contributed by atoms with Gasteiger partial charge >= 0.3 is 0 Å². The largest absolute Gasteiger partial charge is 0.472 e. The summed E-state index contributed by atoms with van der Waals surface area (Å²) in [6.07, 6.45) is 6.61. The summed E-state index contributed by atoms with van der Waals surface area (Å²) in [5, 5.41) is 0. The molecule has 2 aliphatic heterocycles. The summed E-state index contributed by atoms with van der Waals surface area (Å²) in [5.74, 6) is 0.334. The molecule has 0 saturated carbocycles. The van der Waals surface area contributed by atoms with Crippen LogP contribution in [0.15, 0.2) is 23.0 Å². The topological polar surface area (TPSA) is 45.9 Å². The van der Waals surface area contributed by atoms with E-state index in [9.17, 15) is 4.79 Å². The first-order valence-corrected chi connectivity index (χ1v) is 7.75. The highest BCUT2D eigenvalue weighted by Gasteiger charge is 2.47. The molecule has 1 aromatic rings. The second kappa shape index (κ2) is 6.20. The van der Waals surface area contributed by atoms with Crippen molar-refractivity contribution < 1.29 is 13.9 Å². The van der Waals surface area contributed by atoms with Crippen LogP contribution in [0.2, 0.25) is 0 Å². The summed E-state index contributed by atoms with van der Waals surface area (Å²) >= 11 is 0. The second-order valence-electron chi connectivity index (χ2n) is 6.26. The van der Waals surface area contributed by atoms with E-state index in [1.165, 1.54) is 5.56 Å². The van der Waals surface area contributed by atoms with Gasteiger partial charge in [0.25, 0.3) is 0 Å². The number of hydrogen-bond donors (Lipinski definition) is 0. The Hall–Kier alpha value is -1.33. The van der Waals surface area contributed by atoms with E-state index in [1.807, 2.05) is 11.0 Å². The Morgan fingerprint density at radius 3 is 3.05 bits per heavy atom. The molecule has 1 atom stereocenters. The fraction of sp³-hybridized carbons (Fsp3) is 0.688. The van der Waals surface area contributed by atoms with E-state index >= 15 is 0 Å². The standard InChI is InChI=1S/C16H24N2O3/c1-20-10-8-18-6-2-4-16(15(18)19)5-7-17(13-16)11-14-3-9-21-12-14/h3,9,12H,2,4-8,10-11,13H2,1H3. The minimum Gasteiger partial charge on any atom is -0.472 e. The van der Waals surface area contributed by atoms with E-state index in [2.05, 4.69) is 4.90 Å². The van der Waals surface area contributed by atoms with Gasteiger partial charge in [-0.1, -0.05) is 0 Å². The van der Waals surface area contributed by atoms with E-state index < -0.39 is 0 Å². The van der Waals surface area contributed by atoms with Crippen LogP contribution in [0.25, 0.3) is 0 Å². The van der Waals surface area contributed by atoms with Crippen molar-refractivity contribution >= 4 is 5.91 Å². The minimum absolute atomic E-state index is 0.157. The van der Waals surface area contributed by atoms with Crippen LogP contribution in [0.1, 0.15) is 24.8 Å². The third-order valence-corrected chi connectivity index (χ3v) is 4.81. The maximum Gasteiger partial charge on any atom is 0.230 e. The van der Waals surface area contributed by atoms with Crippen LogP contribution in [0.3, 0.4) is 0 Å². The fourth-order valence-electron chi connectivity index (χ4n) is 3.68. The molecule has 0 aromatic carbocycles. The Morgan fingerprint density at radius 2 is 2.29 bits per heavy atom. The predicted octanol–water partition coefficient (Wildman–Crippen LogP) is 1.74. The predicted molar refractivity (Wildman–Crippen MR) is 78.7 cm³/mol. The zero-order valence-electron chi connectivity index (χ0n) is 12.7. The van der Waals surface area contributed by atoms with Crippen molar-refractivity contribution in [3.63, 3.8) is 0 Å². The van der Waals surface area contributed by atoms with Crippen LogP contribution in [-0.2, 0) is 16.1 Å². The Bertz CT molecular complexity index is 474. The number of likely N-dealkylation sites (tertiary alicyclic amines) is 2. The van der Waals surface area contributed by atoms with E-state index in [1.54, 1.807) is 19.6 Å². The van der Waals surface area contributed by atoms with Gasteiger partial charge in [0, 0.05) is 38.9 Å². The zero-order chi connectivity index (χ0) is 14.7. The van der Waals surface area contributed by atoms with Crippen LogP contribution < -0.4 is 0 Å². The Balaban J connectivity index is 1.63. The SMILES string of the molecule is COCCN1CCCC2(CCN(Cc3ccoc3)C2)C1=O. The molecule has 1 aromatic heterocycles. The van der Waals surface area contributed by atoms with Gasteiger partial charge in [-0.3, -0.25) is 9.69 Å². The average Bonchev–Trinajstić information content (AvgIpc) is 3.12. The first-order valence-electron chi connectivity index (χ1n) is 7.75. The number of hydrogen-bond acceptors (Lipinski definition) is 4. The van der Waals surface area contributed by atoms with Crippen molar-refractivity contribution in [2.24, 2.45) is 5.41 Å². The normalized spacial score (nSPS) is 26.9. The Morgan fingerprint density at radius 1 is 1.38 bits per heavy atom. The molecule has 116 valence electrons. The molecule has 5 heteroatoms. The lowest BCUT2D eigenvalue weighted by molar-refractivity contribution is -0.146. The van der Waals surface area contributed by atoms with Gasteiger partial charge in [0.15, 0.2) is 0 Å². The van der Waals surface area contributed by atoms with Gasteiger partial charge in [-0.05, 0) is 31.9 Å². The van der Waals surface area contributed by atoms with Gasteiger partial charge in [-0.15, -0.1) is 0 Å². The van der Waals surface area contributed by atoms with Crippen molar-refractivity contribution in [1.82, 2.24) is 9.80 Å². The number of carbonyl (C=O) groups excluding carboxylic acids is 1. The van der Waals surface area contributed by atoms with Crippen molar-refractivity contribution in [3.8, 4) is 0 Å². The summed E-state index contributed by atoms with van der Waals surface area (Å²) in [5.41, 5.74) is 1.03. The lowest BCUT2D eigenvalue weighted by Gasteiger charge is -2.39. The number of nitrogens with zero attached hydrogens (tertiary/aromatic N) is 2. The van der Waals surface area contributed by atoms with Crippen LogP contribution >= 0.6 is 0 Å². The molecule has 3 rings (SSSR count). The van der Waals surface area contributed by atoms with Gasteiger partial charge < -0.3 is 14.1 Å². The molecule has 5 nitrogen and oxygen atoms in total. The summed E-state index contributed by atoms with van der Waals surface area (Å²) in [6.45, 7) is 4.98. The van der Waals surface area contributed by atoms with Crippen molar-refractivity contribution in [2.45, 2.75) is 25.8 Å².